The predicted molar refractivity (Wildman–Crippen MR) is 102 cm³/mol. The van der Waals surface area contributed by atoms with Gasteiger partial charge in [0.15, 0.2) is 0 Å². The number of alkyl halides is 3. The molecule has 8 heteroatoms. The Hall–Kier alpha value is -2.09. The molecule has 28 heavy (non-hydrogen) atoms. The molecule has 1 fully saturated rings. The lowest BCUT2D eigenvalue weighted by Crippen LogP contribution is -2.48. The second-order valence-electron chi connectivity index (χ2n) is 7.38. The molecule has 2 rings (SSSR count). The smallest absolute Gasteiger partial charge is 0.391 e. The molecule has 0 aliphatic carbocycles. The number of nitrogens with zero attached hydrogens (tertiary/aromatic N) is 2. The number of oxime groups is 1. The first kappa shape index (κ1) is 22.2. The van der Waals surface area contributed by atoms with Crippen molar-refractivity contribution in [2.45, 2.75) is 51.9 Å². The van der Waals surface area contributed by atoms with E-state index < -0.39 is 11.7 Å². The lowest BCUT2D eigenvalue weighted by atomic mass is 10.0. The number of likely N-dealkylation sites (N-methyl/N-ethyl adjacent to an activating group) is 1. The molecule has 1 aromatic carbocycles. The van der Waals surface area contributed by atoms with Gasteiger partial charge in [-0.3, -0.25) is 4.79 Å². The highest BCUT2D eigenvalue weighted by molar-refractivity contribution is 5.88. The monoisotopic (exact) mass is 399 g/mol. The molecule has 1 amide bonds. The summed E-state index contributed by atoms with van der Waals surface area (Å²) < 4.78 is 39.0. The Morgan fingerprint density at radius 3 is 2.46 bits per heavy atom. The molecule has 0 aromatic heterocycles. The van der Waals surface area contributed by atoms with Crippen LogP contribution in [0.5, 0.6) is 0 Å². The molecule has 0 bridgehead atoms. The molecule has 1 N–H and O–H groups in total. The summed E-state index contributed by atoms with van der Waals surface area (Å²) in [6, 6.07) is 5.11. The molecule has 1 atom stereocenters. The minimum atomic E-state index is -4.42. The van der Waals surface area contributed by atoms with Gasteiger partial charge in [-0.05, 0) is 25.5 Å². The van der Waals surface area contributed by atoms with Crippen LogP contribution in [0.15, 0.2) is 29.4 Å². The van der Waals surface area contributed by atoms with Crippen molar-refractivity contribution in [1.29, 1.82) is 0 Å². The molecule has 5 nitrogen and oxygen atoms in total. The van der Waals surface area contributed by atoms with E-state index in [9.17, 15) is 18.0 Å². The lowest BCUT2D eigenvalue weighted by Gasteiger charge is -2.31. The van der Waals surface area contributed by atoms with Crippen LogP contribution in [0.25, 0.3) is 0 Å². The van der Waals surface area contributed by atoms with Crippen molar-refractivity contribution in [3.8, 4) is 0 Å². The van der Waals surface area contributed by atoms with Crippen LogP contribution < -0.4 is 5.32 Å². The number of halogens is 3. The Morgan fingerprint density at radius 1 is 1.25 bits per heavy atom. The molecular formula is C20H28F3N3O2. The van der Waals surface area contributed by atoms with Gasteiger partial charge in [0.05, 0.1) is 17.3 Å². The van der Waals surface area contributed by atoms with Crippen molar-refractivity contribution < 1.29 is 22.8 Å². The maximum atomic E-state index is 13.0. The van der Waals surface area contributed by atoms with E-state index in [1.165, 1.54) is 12.1 Å². The molecule has 0 spiro atoms. The molecular weight excluding hydrogens is 371 g/mol. The normalized spacial score (nSPS) is 16.2. The summed E-state index contributed by atoms with van der Waals surface area (Å²) in [6.07, 6.45) is -2.53. The number of rotatable bonds is 7. The summed E-state index contributed by atoms with van der Waals surface area (Å²) in [5.74, 6) is 0.492. The van der Waals surface area contributed by atoms with Crippen molar-refractivity contribution in [1.82, 2.24) is 10.2 Å². The first-order chi connectivity index (χ1) is 13.2. The van der Waals surface area contributed by atoms with Crippen LogP contribution in [0.3, 0.4) is 0 Å². The molecule has 0 saturated carbocycles. The van der Waals surface area contributed by atoms with E-state index in [-0.39, 0.29) is 24.1 Å². The van der Waals surface area contributed by atoms with Crippen LogP contribution in [0.1, 0.15) is 44.2 Å². The Morgan fingerprint density at radius 2 is 1.89 bits per heavy atom. The van der Waals surface area contributed by atoms with Crippen LogP contribution in [0.2, 0.25) is 0 Å². The maximum absolute atomic E-state index is 13.0. The highest BCUT2D eigenvalue weighted by Gasteiger charge is 2.33. The zero-order valence-electron chi connectivity index (χ0n) is 16.6. The summed E-state index contributed by atoms with van der Waals surface area (Å²) in [7, 11) is 1.79. The molecule has 1 saturated heterocycles. The highest BCUT2D eigenvalue weighted by Crippen LogP contribution is 2.32. The van der Waals surface area contributed by atoms with Gasteiger partial charge in [-0.2, -0.15) is 13.2 Å². The van der Waals surface area contributed by atoms with Gasteiger partial charge in [0.25, 0.3) is 0 Å². The Bertz CT molecular complexity index is 680. The van der Waals surface area contributed by atoms with Crippen molar-refractivity contribution in [2.24, 2.45) is 11.1 Å². The van der Waals surface area contributed by atoms with Gasteiger partial charge in [-0.25, -0.2) is 0 Å². The summed E-state index contributed by atoms with van der Waals surface area (Å²) in [5, 5.41) is 7.08. The first-order valence-corrected chi connectivity index (χ1v) is 9.51. The van der Waals surface area contributed by atoms with Gasteiger partial charge >= 0.3 is 6.18 Å². The summed E-state index contributed by atoms with van der Waals surface area (Å²) in [6.45, 7) is 4.99. The predicted octanol–water partition coefficient (Wildman–Crippen LogP) is 3.83. The third-order valence-corrected chi connectivity index (χ3v) is 4.74. The van der Waals surface area contributed by atoms with Gasteiger partial charge in [-0.1, -0.05) is 37.2 Å². The quantitative estimate of drug-likeness (QED) is 0.709. The molecule has 1 unspecified atom stereocenters. The first-order valence-electron chi connectivity index (χ1n) is 9.51. The van der Waals surface area contributed by atoms with Gasteiger partial charge in [0, 0.05) is 31.5 Å². The number of hydrogen-bond donors (Lipinski definition) is 1. The summed E-state index contributed by atoms with van der Waals surface area (Å²) >= 11 is 0. The lowest BCUT2D eigenvalue weighted by molar-refractivity contribution is -0.139. The molecule has 1 aliphatic rings. The van der Waals surface area contributed by atoms with Gasteiger partial charge in [0.1, 0.15) is 6.61 Å². The van der Waals surface area contributed by atoms with Crippen molar-refractivity contribution in [3.05, 3.63) is 35.4 Å². The van der Waals surface area contributed by atoms with Gasteiger partial charge in [-0.15, -0.1) is 0 Å². The highest BCUT2D eigenvalue weighted by atomic mass is 19.4. The number of carbonyl (C=O) groups is 1. The number of carbonyl (C=O) groups excluding carboxylic acids is 1. The number of benzene rings is 1. The van der Waals surface area contributed by atoms with Crippen molar-refractivity contribution in [3.63, 3.8) is 0 Å². The van der Waals surface area contributed by atoms with E-state index in [1.807, 2.05) is 4.90 Å². The van der Waals surface area contributed by atoms with E-state index in [4.69, 9.17) is 4.84 Å². The standard InChI is InChI=1S/C20H28F3N3O2/c1-14(2)12-18(24-3)19(27)26-10-8-16(9-11-26)25-28-13-15-6-4-5-7-17(15)20(21,22)23/h4-7,14,18,24H,8-13H2,1-3H3. The van der Waals surface area contributed by atoms with E-state index in [1.54, 1.807) is 13.1 Å². The molecule has 0 radical (unpaired) electrons. The van der Waals surface area contributed by atoms with Crippen LogP contribution in [-0.4, -0.2) is 42.7 Å². The van der Waals surface area contributed by atoms with Crippen molar-refractivity contribution >= 4 is 11.6 Å². The number of nitrogens with one attached hydrogen (secondary N) is 1. The van der Waals surface area contributed by atoms with E-state index in [2.05, 4.69) is 24.3 Å². The fourth-order valence-corrected chi connectivity index (χ4v) is 3.23. The SMILES string of the molecule is CNC(CC(C)C)C(=O)N1CCC(=NOCc2ccccc2C(F)(F)F)CC1. The van der Waals surface area contributed by atoms with Crippen LogP contribution in [-0.2, 0) is 22.4 Å². The Labute approximate surface area is 163 Å². The molecule has 156 valence electrons. The van der Waals surface area contributed by atoms with Gasteiger partial charge < -0.3 is 15.1 Å². The van der Waals surface area contributed by atoms with Gasteiger partial charge in [0.2, 0.25) is 5.91 Å². The Kier molecular flexibility index (Phi) is 7.86. The maximum Gasteiger partial charge on any atom is 0.416 e. The molecule has 1 aromatic rings. The average molecular weight is 399 g/mol. The Balaban J connectivity index is 1.87. The van der Waals surface area contributed by atoms with Crippen LogP contribution >= 0.6 is 0 Å². The second kappa shape index (κ2) is 9.91. The number of hydrogen-bond acceptors (Lipinski definition) is 4. The third-order valence-electron chi connectivity index (χ3n) is 4.74. The summed E-state index contributed by atoms with van der Waals surface area (Å²) in [4.78, 5) is 19.6. The topological polar surface area (TPSA) is 53.9 Å². The number of amides is 1. The van der Waals surface area contributed by atoms with E-state index in [0.717, 1.165) is 18.2 Å². The van der Waals surface area contributed by atoms with E-state index in [0.29, 0.717) is 31.8 Å². The van der Waals surface area contributed by atoms with Crippen LogP contribution in [0, 0.1) is 5.92 Å². The minimum absolute atomic E-state index is 0.0533. The molecule has 1 heterocycles. The van der Waals surface area contributed by atoms with Crippen LogP contribution in [0.4, 0.5) is 13.2 Å². The summed E-state index contributed by atoms with van der Waals surface area (Å²) in [5.41, 5.74) is 0.106. The van der Waals surface area contributed by atoms with Crippen molar-refractivity contribution in [2.75, 3.05) is 20.1 Å². The minimum Gasteiger partial charge on any atom is -0.391 e. The number of likely N-dealkylation sites (tertiary alicyclic amines) is 1. The fourth-order valence-electron chi connectivity index (χ4n) is 3.23. The third kappa shape index (κ3) is 6.22. The zero-order chi connectivity index (χ0) is 20.7. The fraction of sp³-hybridized carbons (Fsp3) is 0.600. The number of piperidine rings is 1. The average Bonchev–Trinajstić information content (AvgIpc) is 2.65. The molecule has 1 aliphatic heterocycles. The second-order valence-corrected chi connectivity index (χ2v) is 7.38. The van der Waals surface area contributed by atoms with E-state index >= 15 is 0 Å². The largest absolute Gasteiger partial charge is 0.416 e. The zero-order valence-corrected chi connectivity index (χ0v) is 16.6.